The van der Waals surface area contributed by atoms with Gasteiger partial charge in [-0.1, -0.05) is 271 Å². The molecule has 76 heavy (non-hydrogen) atoms. The minimum absolute atomic E-state index is 0.132. The van der Waals surface area contributed by atoms with Gasteiger partial charge in [-0.15, -0.1) is 0 Å². The van der Waals surface area contributed by atoms with Gasteiger partial charge in [0.15, 0.2) is 11.5 Å². The summed E-state index contributed by atoms with van der Waals surface area (Å²) in [6.45, 7) is 7.98. The highest BCUT2D eigenvalue weighted by molar-refractivity contribution is 6.06. The third-order valence-corrected chi connectivity index (χ3v) is 16.6. The normalized spacial score (nSPS) is 19.8. The molecule has 3 aliphatic rings. The van der Waals surface area contributed by atoms with E-state index in [2.05, 4.69) is 20.8 Å². The molecular weight excluding hydrogens is 955 g/mol. The fourth-order valence-electron chi connectivity index (χ4n) is 11.8. The van der Waals surface area contributed by atoms with Gasteiger partial charge in [-0.3, -0.25) is 14.5 Å². The molecule has 6 unspecified atom stereocenters. The zero-order valence-corrected chi connectivity index (χ0v) is 49.0. The first-order chi connectivity index (χ1) is 37.3. The third-order valence-electron chi connectivity index (χ3n) is 16.6. The number of unbranched alkanes of at least 4 members (excludes halogenated alkanes) is 39. The molecular formula is C65H113NO10. The van der Waals surface area contributed by atoms with E-state index in [0.29, 0.717) is 37.1 Å². The highest BCUT2D eigenvalue weighted by Crippen LogP contribution is 2.49. The van der Waals surface area contributed by atoms with Crippen LogP contribution in [0.2, 0.25) is 0 Å². The summed E-state index contributed by atoms with van der Waals surface area (Å²) in [5, 5.41) is 20.8. The number of imide groups is 1. The van der Waals surface area contributed by atoms with E-state index in [0.717, 1.165) is 43.4 Å². The Morgan fingerprint density at radius 3 is 1.00 bits per heavy atom. The zero-order valence-electron chi connectivity index (χ0n) is 49.0. The summed E-state index contributed by atoms with van der Waals surface area (Å²) < 4.78 is 31.0. The molecule has 438 valence electrons. The maximum absolute atomic E-state index is 13.9. The summed E-state index contributed by atoms with van der Waals surface area (Å²) in [6, 6.07) is 3.39. The quantitative estimate of drug-likeness (QED) is 0.0368. The van der Waals surface area contributed by atoms with Gasteiger partial charge in [0.1, 0.15) is 18.8 Å². The number of carbonyl (C=O) groups is 3. The number of aliphatic hydroxyl groups is 2. The number of hydrogen-bond acceptors (Lipinski definition) is 10. The Morgan fingerprint density at radius 1 is 0.421 bits per heavy atom. The molecule has 6 atom stereocenters. The number of ether oxygens (including phenoxy) is 5. The second-order valence-corrected chi connectivity index (χ2v) is 23.2. The highest BCUT2D eigenvalue weighted by atomic mass is 16.6. The van der Waals surface area contributed by atoms with Crippen LogP contribution in [-0.4, -0.2) is 90.3 Å². The molecule has 3 fully saturated rings. The average molecular weight is 1070 g/mol. The molecule has 2 N–H and O–H groups in total. The molecule has 3 saturated heterocycles. The molecule has 3 heterocycles. The van der Waals surface area contributed by atoms with Crippen LogP contribution in [0.1, 0.15) is 301 Å². The van der Waals surface area contributed by atoms with Crippen molar-refractivity contribution < 1.29 is 48.3 Å². The van der Waals surface area contributed by atoms with E-state index >= 15 is 0 Å². The molecule has 11 nitrogen and oxygen atoms in total. The summed E-state index contributed by atoms with van der Waals surface area (Å²) >= 11 is 0. The van der Waals surface area contributed by atoms with Crippen LogP contribution in [-0.2, 0) is 19.1 Å². The van der Waals surface area contributed by atoms with Crippen molar-refractivity contribution >= 4 is 17.8 Å². The lowest BCUT2D eigenvalue weighted by Gasteiger charge is -2.25. The van der Waals surface area contributed by atoms with E-state index in [-0.39, 0.29) is 18.7 Å². The maximum Gasteiger partial charge on any atom is 0.338 e. The Labute approximate surface area is 463 Å². The van der Waals surface area contributed by atoms with E-state index in [1.807, 2.05) is 0 Å². The highest BCUT2D eigenvalue weighted by Gasteiger charge is 2.68. The molecule has 1 aromatic carbocycles. The number of carbonyl (C=O) groups excluding carboxylic acids is 3. The maximum atomic E-state index is 13.9. The summed E-state index contributed by atoms with van der Waals surface area (Å²) in [6.07, 6.45) is 49.3. The molecule has 11 heteroatoms. The number of esters is 1. The van der Waals surface area contributed by atoms with E-state index < -0.39 is 54.0 Å². The largest absolute Gasteiger partial charge is 0.490 e. The van der Waals surface area contributed by atoms with Crippen molar-refractivity contribution in [1.82, 2.24) is 4.90 Å². The molecule has 0 radical (unpaired) electrons. The van der Waals surface area contributed by atoms with E-state index in [9.17, 15) is 24.6 Å². The fourth-order valence-corrected chi connectivity index (χ4v) is 11.8. The van der Waals surface area contributed by atoms with E-state index in [1.165, 1.54) is 231 Å². The van der Waals surface area contributed by atoms with Crippen molar-refractivity contribution in [2.75, 3.05) is 33.0 Å². The predicted molar refractivity (Wildman–Crippen MR) is 309 cm³/mol. The van der Waals surface area contributed by atoms with Crippen LogP contribution in [0.15, 0.2) is 12.1 Å². The zero-order chi connectivity index (χ0) is 54.3. The van der Waals surface area contributed by atoms with Crippen LogP contribution in [0, 0.1) is 11.8 Å². The van der Waals surface area contributed by atoms with Crippen LogP contribution < -0.4 is 14.2 Å². The number of nitrogens with zero attached hydrogens (tertiary/aromatic N) is 1. The van der Waals surface area contributed by atoms with Crippen LogP contribution >= 0.6 is 0 Å². The third kappa shape index (κ3) is 25.1. The van der Waals surface area contributed by atoms with Crippen LogP contribution in [0.3, 0.4) is 0 Å². The Hall–Kier alpha value is -2.89. The smallest absolute Gasteiger partial charge is 0.338 e. The number of aliphatic hydroxyl groups excluding tert-OH is 2. The van der Waals surface area contributed by atoms with Crippen LogP contribution in [0.25, 0.3) is 0 Å². The second kappa shape index (κ2) is 42.1. The Kier molecular flexibility index (Phi) is 36.3. The minimum atomic E-state index is -1.22. The number of hydrogen-bond donors (Lipinski definition) is 2. The lowest BCUT2D eigenvalue weighted by atomic mass is 9.78. The van der Waals surface area contributed by atoms with Gasteiger partial charge in [0, 0.05) is 0 Å². The first kappa shape index (κ1) is 65.6. The van der Waals surface area contributed by atoms with Crippen molar-refractivity contribution in [2.24, 2.45) is 11.8 Å². The Morgan fingerprint density at radius 2 is 0.697 bits per heavy atom. The van der Waals surface area contributed by atoms with Gasteiger partial charge in [0.25, 0.3) is 0 Å². The topological polar surface area (TPSA) is 141 Å². The molecule has 0 spiro atoms. The number of likely N-dealkylation sites (tertiary alicyclic amines) is 1. The van der Waals surface area contributed by atoms with E-state index in [4.69, 9.17) is 23.7 Å². The van der Waals surface area contributed by atoms with Gasteiger partial charge in [-0.2, -0.15) is 0 Å². The molecule has 0 aliphatic carbocycles. The first-order valence-corrected chi connectivity index (χ1v) is 32.4. The van der Waals surface area contributed by atoms with Crippen molar-refractivity contribution in [3.8, 4) is 17.2 Å². The van der Waals surface area contributed by atoms with Crippen molar-refractivity contribution in [2.45, 2.75) is 315 Å². The number of benzene rings is 1. The van der Waals surface area contributed by atoms with Crippen molar-refractivity contribution in [3.63, 3.8) is 0 Å². The van der Waals surface area contributed by atoms with Crippen molar-refractivity contribution in [3.05, 3.63) is 17.7 Å². The van der Waals surface area contributed by atoms with Gasteiger partial charge in [0.2, 0.25) is 17.6 Å². The standard InChI is InChI=1S/C65H113NO10/c1-4-7-10-13-16-19-22-25-28-31-34-37-40-43-47-72-54-51-53(65(71)75-50-46-66-63(69)56-57(64(66)70)62-59(68)58(67)61(56)76-62)52-55(73-48-44-41-38-35-32-29-26-23-20-17-14-11-8-5-2)60(54)74-49-45-42-39-36-33-30-27-24-21-18-15-12-9-6-3/h51-52,56-59,61-62,67-68H,4-50H2,1-3H3. The first-order valence-electron chi connectivity index (χ1n) is 32.4. The van der Waals surface area contributed by atoms with Crippen LogP contribution in [0.5, 0.6) is 17.2 Å². The predicted octanol–water partition coefficient (Wildman–Crippen LogP) is 16.5. The summed E-state index contributed by atoms with van der Waals surface area (Å²) in [7, 11) is 0. The van der Waals surface area contributed by atoms with Gasteiger partial charge >= 0.3 is 5.97 Å². The molecule has 0 saturated carbocycles. The second-order valence-electron chi connectivity index (χ2n) is 23.2. The Bertz CT molecular complexity index is 1570. The monoisotopic (exact) mass is 1070 g/mol. The molecule has 1 aromatic rings. The van der Waals surface area contributed by atoms with Gasteiger partial charge < -0.3 is 33.9 Å². The lowest BCUT2D eigenvalue weighted by molar-refractivity contribution is -0.143. The summed E-state index contributed by atoms with van der Waals surface area (Å²) in [5.74, 6) is -1.78. The van der Waals surface area contributed by atoms with E-state index in [1.54, 1.807) is 12.1 Å². The number of rotatable bonds is 52. The molecule has 0 aromatic heterocycles. The van der Waals surface area contributed by atoms with Gasteiger partial charge in [-0.25, -0.2) is 4.79 Å². The van der Waals surface area contributed by atoms with Crippen LogP contribution in [0.4, 0.5) is 0 Å². The minimum Gasteiger partial charge on any atom is -0.490 e. The molecule has 4 rings (SSSR count). The fraction of sp³-hybridized carbons (Fsp3) is 0.862. The van der Waals surface area contributed by atoms with Gasteiger partial charge in [0.05, 0.1) is 56.0 Å². The van der Waals surface area contributed by atoms with Crippen molar-refractivity contribution in [1.29, 1.82) is 0 Å². The SMILES string of the molecule is CCCCCCCCCCCCCCCCOc1cc(C(=O)OCCN2C(=O)C3C4OC(C(O)C4O)C3C2=O)cc(OCCCCCCCCCCCCCCCC)c1OCCCCCCCCCCCCCCCC. The molecule has 2 amide bonds. The number of amides is 2. The summed E-state index contributed by atoms with van der Waals surface area (Å²) in [4.78, 5) is 41.7. The average Bonchev–Trinajstić information content (AvgIpc) is 4.07. The number of fused-ring (bicyclic) bond motifs is 5. The Balaban J connectivity index is 1.31. The summed E-state index contributed by atoms with van der Waals surface area (Å²) in [5.41, 5.74) is 0.254. The molecule has 3 aliphatic heterocycles. The van der Waals surface area contributed by atoms with Gasteiger partial charge in [-0.05, 0) is 31.4 Å². The molecule has 2 bridgehead atoms. The lowest BCUT2D eigenvalue weighted by Crippen LogP contribution is -2.47.